The lowest BCUT2D eigenvalue weighted by molar-refractivity contribution is -0.122. The minimum absolute atomic E-state index is 0.0464. The van der Waals surface area contributed by atoms with Crippen molar-refractivity contribution in [1.29, 1.82) is 0 Å². The first-order valence-corrected chi connectivity index (χ1v) is 5.48. The van der Waals surface area contributed by atoms with E-state index < -0.39 is 5.91 Å². The van der Waals surface area contributed by atoms with E-state index >= 15 is 0 Å². The molecule has 0 rings (SSSR count). The van der Waals surface area contributed by atoms with Crippen LogP contribution in [0.5, 0.6) is 0 Å². The fraction of sp³-hybridized carbons (Fsp3) is 0.900. The molecule has 0 radical (unpaired) electrons. The molecule has 0 aromatic heterocycles. The second-order valence-electron chi connectivity index (χ2n) is 3.50. The van der Waals surface area contributed by atoms with Gasteiger partial charge < -0.3 is 26.0 Å². The molecule has 1 atom stereocenters. The Morgan fingerprint density at radius 3 is 2.50 bits per heavy atom. The van der Waals surface area contributed by atoms with E-state index in [1.807, 2.05) is 0 Å². The first kappa shape index (κ1) is 15.3. The Hall–Kier alpha value is -0.690. The van der Waals surface area contributed by atoms with Gasteiger partial charge in [-0.2, -0.15) is 0 Å². The van der Waals surface area contributed by atoms with Crippen molar-refractivity contribution in [1.82, 2.24) is 0 Å². The predicted octanol–water partition coefficient (Wildman–Crippen LogP) is -1.01. The molecule has 0 fully saturated rings. The first-order chi connectivity index (χ1) is 7.66. The van der Waals surface area contributed by atoms with E-state index in [2.05, 4.69) is 0 Å². The van der Waals surface area contributed by atoms with E-state index in [0.717, 1.165) is 0 Å². The zero-order valence-electron chi connectivity index (χ0n) is 9.56. The number of aliphatic hydroxyl groups excluding tert-OH is 1. The van der Waals surface area contributed by atoms with E-state index in [9.17, 15) is 9.90 Å². The van der Waals surface area contributed by atoms with Crippen LogP contribution in [0, 0.1) is 0 Å². The molecule has 6 nitrogen and oxygen atoms in total. The number of nitrogens with two attached hydrogens (primary N) is 2. The molecule has 16 heavy (non-hydrogen) atoms. The third-order valence-electron chi connectivity index (χ3n) is 1.92. The van der Waals surface area contributed by atoms with E-state index in [1.54, 1.807) is 0 Å². The number of carbonyl (C=O) groups is 1. The minimum Gasteiger partial charge on any atom is -0.393 e. The number of aliphatic hydroxyl groups is 1. The van der Waals surface area contributed by atoms with Gasteiger partial charge in [-0.3, -0.25) is 4.79 Å². The zero-order chi connectivity index (χ0) is 12.2. The Balaban J connectivity index is 3.06. The summed E-state index contributed by atoms with van der Waals surface area (Å²) in [6, 6.07) is 0. The molecular formula is C10H22N2O4. The summed E-state index contributed by atoms with van der Waals surface area (Å²) in [7, 11) is 0. The van der Waals surface area contributed by atoms with Crippen LogP contribution in [0.15, 0.2) is 0 Å². The highest BCUT2D eigenvalue weighted by atomic mass is 16.5. The van der Waals surface area contributed by atoms with Crippen molar-refractivity contribution in [3.8, 4) is 0 Å². The molecule has 1 unspecified atom stereocenters. The Kier molecular flexibility index (Phi) is 10.3. The first-order valence-electron chi connectivity index (χ1n) is 5.48. The molecule has 0 heterocycles. The van der Waals surface area contributed by atoms with E-state index in [4.69, 9.17) is 20.9 Å². The molecule has 6 heteroatoms. The number of hydrogen-bond acceptors (Lipinski definition) is 5. The molecule has 0 aromatic carbocycles. The van der Waals surface area contributed by atoms with Crippen molar-refractivity contribution in [2.45, 2.75) is 25.4 Å². The van der Waals surface area contributed by atoms with Crippen LogP contribution >= 0.6 is 0 Å². The van der Waals surface area contributed by atoms with Gasteiger partial charge in [0, 0.05) is 19.8 Å². The summed E-state index contributed by atoms with van der Waals surface area (Å²) < 4.78 is 10.2. The molecule has 1 amide bonds. The van der Waals surface area contributed by atoms with Gasteiger partial charge in [0.15, 0.2) is 0 Å². The lowest BCUT2D eigenvalue weighted by Gasteiger charge is -2.09. The van der Waals surface area contributed by atoms with Gasteiger partial charge >= 0.3 is 0 Å². The smallest absolute Gasteiger partial charge is 0.243 e. The van der Waals surface area contributed by atoms with Gasteiger partial charge in [-0.1, -0.05) is 0 Å². The maximum absolute atomic E-state index is 10.3. The third-order valence-corrected chi connectivity index (χ3v) is 1.92. The highest BCUT2D eigenvalue weighted by molar-refractivity contribution is 5.74. The highest BCUT2D eigenvalue weighted by Gasteiger charge is 2.01. The number of ether oxygens (including phenoxy) is 2. The van der Waals surface area contributed by atoms with E-state index in [1.165, 1.54) is 0 Å². The van der Waals surface area contributed by atoms with Crippen molar-refractivity contribution in [2.75, 3.05) is 33.0 Å². The molecule has 0 aliphatic rings. The lowest BCUT2D eigenvalue weighted by atomic mass is 10.2. The molecule has 0 aliphatic heterocycles. The molecule has 0 aromatic rings. The Bertz CT molecular complexity index is 178. The highest BCUT2D eigenvalue weighted by Crippen LogP contribution is 1.97. The Morgan fingerprint density at radius 2 is 1.88 bits per heavy atom. The quantitative estimate of drug-likeness (QED) is 0.397. The summed E-state index contributed by atoms with van der Waals surface area (Å²) in [5.41, 5.74) is 10.2. The number of carbonyl (C=O) groups excluding carboxylic acids is 1. The Morgan fingerprint density at radius 1 is 1.19 bits per heavy atom. The molecule has 0 bridgehead atoms. The maximum Gasteiger partial charge on any atom is 0.243 e. The molecular weight excluding hydrogens is 212 g/mol. The minimum atomic E-state index is -0.467. The molecule has 5 N–H and O–H groups in total. The average molecular weight is 234 g/mol. The van der Waals surface area contributed by atoms with Crippen LogP contribution in [0.2, 0.25) is 0 Å². The van der Waals surface area contributed by atoms with Crippen LogP contribution in [-0.2, 0) is 14.3 Å². The van der Waals surface area contributed by atoms with Crippen LogP contribution in [0.1, 0.15) is 19.3 Å². The summed E-state index contributed by atoms with van der Waals surface area (Å²) in [5, 5.41) is 9.31. The summed E-state index contributed by atoms with van der Waals surface area (Å²) in [4.78, 5) is 10.3. The topological polar surface area (TPSA) is 108 Å². The fourth-order valence-electron chi connectivity index (χ4n) is 1.09. The van der Waals surface area contributed by atoms with Crippen molar-refractivity contribution in [2.24, 2.45) is 11.5 Å². The number of rotatable bonds is 11. The summed E-state index contributed by atoms with van der Waals surface area (Å²) in [6.07, 6.45) is 1.53. The van der Waals surface area contributed by atoms with Gasteiger partial charge in [-0.25, -0.2) is 0 Å². The number of amides is 1. The van der Waals surface area contributed by atoms with Gasteiger partial charge in [0.2, 0.25) is 5.91 Å². The second kappa shape index (κ2) is 10.8. The number of primary amides is 1. The van der Waals surface area contributed by atoms with Crippen LogP contribution in [-0.4, -0.2) is 50.1 Å². The van der Waals surface area contributed by atoms with Crippen molar-refractivity contribution in [3.05, 3.63) is 0 Å². The Labute approximate surface area is 95.9 Å². The molecule has 0 aliphatic carbocycles. The standard InChI is InChI=1S/C10H22N2O4/c11-4-2-9(13)3-7-15-5-1-6-16-8-10(12)14/h9,13H,1-8,11H2,(H2,12,14). The van der Waals surface area contributed by atoms with Crippen LogP contribution < -0.4 is 11.5 Å². The summed E-state index contributed by atoms with van der Waals surface area (Å²) in [5.74, 6) is -0.467. The van der Waals surface area contributed by atoms with Crippen molar-refractivity contribution in [3.63, 3.8) is 0 Å². The summed E-state index contributed by atoms with van der Waals surface area (Å²) in [6.45, 7) is 1.96. The van der Waals surface area contributed by atoms with Gasteiger partial charge in [-0.05, 0) is 25.8 Å². The molecule has 0 saturated carbocycles. The van der Waals surface area contributed by atoms with Crippen LogP contribution in [0.25, 0.3) is 0 Å². The van der Waals surface area contributed by atoms with Crippen LogP contribution in [0.3, 0.4) is 0 Å². The van der Waals surface area contributed by atoms with Gasteiger partial charge in [-0.15, -0.1) is 0 Å². The third kappa shape index (κ3) is 11.4. The van der Waals surface area contributed by atoms with E-state index in [-0.39, 0.29) is 12.7 Å². The van der Waals surface area contributed by atoms with Gasteiger partial charge in [0.25, 0.3) is 0 Å². The summed E-state index contributed by atoms with van der Waals surface area (Å²) >= 11 is 0. The molecule has 0 saturated heterocycles. The average Bonchev–Trinajstić information content (AvgIpc) is 2.22. The van der Waals surface area contributed by atoms with Gasteiger partial charge in [0.1, 0.15) is 6.61 Å². The van der Waals surface area contributed by atoms with Gasteiger partial charge in [0.05, 0.1) is 6.10 Å². The number of hydrogen-bond donors (Lipinski definition) is 3. The van der Waals surface area contributed by atoms with E-state index in [0.29, 0.717) is 45.6 Å². The zero-order valence-corrected chi connectivity index (χ0v) is 9.56. The van der Waals surface area contributed by atoms with Crippen molar-refractivity contribution >= 4 is 5.91 Å². The molecule has 0 spiro atoms. The predicted molar refractivity (Wildman–Crippen MR) is 59.7 cm³/mol. The monoisotopic (exact) mass is 234 g/mol. The van der Waals surface area contributed by atoms with Crippen LogP contribution in [0.4, 0.5) is 0 Å². The normalized spacial score (nSPS) is 12.6. The fourth-order valence-corrected chi connectivity index (χ4v) is 1.09. The lowest BCUT2D eigenvalue weighted by Crippen LogP contribution is -2.19. The second-order valence-corrected chi connectivity index (χ2v) is 3.50. The largest absolute Gasteiger partial charge is 0.393 e. The molecule has 96 valence electrons. The maximum atomic E-state index is 10.3. The van der Waals surface area contributed by atoms with Crippen molar-refractivity contribution < 1.29 is 19.4 Å². The SMILES string of the molecule is NCCC(O)CCOCCCOCC(N)=O.